The van der Waals surface area contributed by atoms with Crippen LogP contribution in [0.3, 0.4) is 0 Å². The summed E-state index contributed by atoms with van der Waals surface area (Å²) in [7, 11) is 0. The van der Waals surface area contributed by atoms with Crippen molar-refractivity contribution in [3.63, 3.8) is 0 Å². The average Bonchev–Trinajstić information content (AvgIpc) is 3.79. The first kappa shape index (κ1) is 36.4. The van der Waals surface area contributed by atoms with E-state index in [1.807, 2.05) is 0 Å². The highest BCUT2D eigenvalue weighted by molar-refractivity contribution is 6.11. The van der Waals surface area contributed by atoms with Crippen LogP contribution in [0.5, 0.6) is 0 Å². The van der Waals surface area contributed by atoms with E-state index in [-0.39, 0.29) is 0 Å². The molecule has 290 valence electrons. The second-order valence-corrected chi connectivity index (χ2v) is 16.0. The lowest BCUT2D eigenvalue weighted by Gasteiger charge is -2.35. The average molecular weight is 781 g/mol. The fraction of sp³-hybridized carbons (Fsp3) is 0.0508. The largest absolute Gasteiger partial charge is 0.310 e. The highest BCUT2D eigenvalue weighted by Gasteiger charge is 2.46. The standard InChI is InChI=1S/C59H44N2/c1-3-19-53-41(2)58-50(30-18-31-54(58)59(53,44-22-7-4-8-23-44)45-24-9-5-10-25-45)43-34-36-47(37-35-43)60(55-33-17-21-42-20-13-14-28-49(42)55)48-38-39-52-51-29-15-16-32-56(51)61(57(52)40-48)46-26-11-6-12-27-46/h3-40H,1-2H3/b19-3-. The van der Waals surface area contributed by atoms with Gasteiger partial charge in [-0.05, 0) is 112 Å². The summed E-state index contributed by atoms with van der Waals surface area (Å²) < 4.78 is 2.40. The van der Waals surface area contributed by atoms with Crippen LogP contribution in [0.25, 0.3) is 55.0 Å². The lowest BCUT2D eigenvalue weighted by Crippen LogP contribution is -2.29. The minimum Gasteiger partial charge on any atom is -0.310 e. The lowest BCUT2D eigenvalue weighted by molar-refractivity contribution is 0.761. The van der Waals surface area contributed by atoms with Crippen LogP contribution in [-0.4, -0.2) is 4.57 Å². The molecular formula is C59H44N2. The molecule has 0 unspecified atom stereocenters. The molecule has 61 heavy (non-hydrogen) atoms. The van der Waals surface area contributed by atoms with Crippen LogP contribution in [0.4, 0.5) is 17.1 Å². The number of anilines is 3. The molecule has 1 aliphatic rings. The maximum atomic E-state index is 2.43. The van der Waals surface area contributed by atoms with Gasteiger partial charge in [0.05, 0.1) is 22.1 Å². The molecule has 0 fully saturated rings. The Morgan fingerprint density at radius 1 is 0.492 bits per heavy atom. The van der Waals surface area contributed by atoms with Gasteiger partial charge in [-0.2, -0.15) is 0 Å². The van der Waals surface area contributed by atoms with Gasteiger partial charge in [0, 0.05) is 33.2 Å². The van der Waals surface area contributed by atoms with Crippen LogP contribution >= 0.6 is 0 Å². The molecule has 1 aromatic heterocycles. The van der Waals surface area contributed by atoms with Crippen molar-refractivity contribution in [3.05, 3.63) is 258 Å². The molecule has 2 nitrogen and oxygen atoms in total. The van der Waals surface area contributed by atoms with Crippen LogP contribution in [0.2, 0.25) is 0 Å². The summed E-state index contributed by atoms with van der Waals surface area (Å²) in [5.74, 6) is 0. The van der Waals surface area contributed by atoms with E-state index in [1.165, 1.54) is 77.1 Å². The van der Waals surface area contributed by atoms with E-state index in [9.17, 15) is 0 Å². The number of rotatable bonds is 8. The number of hydrogen-bond acceptors (Lipinski definition) is 1. The van der Waals surface area contributed by atoms with Crippen molar-refractivity contribution in [2.45, 2.75) is 19.3 Å². The molecule has 10 aromatic rings. The number of para-hydroxylation sites is 2. The van der Waals surface area contributed by atoms with Crippen LogP contribution in [-0.2, 0) is 5.41 Å². The van der Waals surface area contributed by atoms with Gasteiger partial charge in [-0.3, -0.25) is 0 Å². The number of hydrogen-bond donors (Lipinski definition) is 0. The molecular weight excluding hydrogens is 737 g/mol. The van der Waals surface area contributed by atoms with E-state index in [0.29, 0.717) is 0 Å². The zero-order valence-corrected chi connectivity index (χ0v) is 34.3. The van der Waals surface area contributed by atoms with Gasteiger partial charge in [0.1, 0.15) is 0 Å². The van der Waals surface area contributed by atoms with E-state index in [2.05, 4.69) is 254 Å². The van der Waals surface area contributed by atoms with E-state index in [0.717, 1.165) is 22.7 Å². The number of aromatic nitrogens is 1. The lowest BCUT2D eigenvalue weighted by atomic mass is 9.66. The van der Waals surface area contributed by atoms with Gasteiger partial charge in [-0.1, -0.05) is 182 Å². The third kappa shape index (κ3) is 5.71. The summed E-state index contributed by atoms with van der Waals surface area (Å²) in [5.41, 5.74) is 16.6. The van der Waals surface area contributed by atoms with Gasteiger partial charge in [-0.25, -0.2) is 0 Å². The predicted molar refractivity (Wildman–Crippen MR) is 259 cm³/mol. The molecule has 0 bridgehead atoms. The van der Waals surface area contributed by atoms with Crippen molar-refractivity contribution in [1.29, 1.82) is 0 Å². The molecule has 0 atom stereocenters. The molecule has 0 aliphatic heterocycles. The molecule has 9 aromatic carbocycles. The Labute approximate surface area is 357 Å². The first-order chi connectivity index (χ1) is 30.2. The predicted octanol–water partition coefficient (Wildman–Crippen LogP) is 15.8. The zero-order chi connectivity index (χ0) is 40.9. The van der Waals surface area contributed by atoms with Crippen molar-refractivity contribution in [1.82, 2.24) is 4.57 Å². The van der Waals surface area contributed by atoms with Gasteiger partial charge in [0.2, 0.25) is 0 Å². The van der Waals surface area contributed by atoms with Gasteiger partial charge < -0.3 is 9.47 Å². The Morgan fingerprint density at radius 3 is 1.80 bits per heavy atom. The summed E-state index contributed by atoms with van der Waals surface area (Å²) in [6.07, 6.45) is 4.52. The Balaban J connectivity index is 1.10. The summed E-state index contributed by atoms with van der Waals surface area (Å²) in [5, 5.41) is 4.89. The first-order valence-electron chi connectivity index (χ1n) is 21.2. The van der Waals surface area contributed by atoms with Gasteiger partial charge in [0.25, 0.3) is 0 Å². The maximum absolute atomic E-state index is 2.43. The minimum absolute atomic E-state index is 0.448. The molecule has 2 heteroatoms. The summed E-state index contributed by atoms with van der Waals surface area (Å²) in [4.78, 5) is 2.43. The molecule has 0 saturated heterocycles. The fourth-order valence-corrected chi connectivity index (χ4v) is 10.2. The highest BCUT2D eigenvalue weighted by Crippen LogP contribution is 2.57. The third-order valence-corrected chi connectivity index (χ3v) is 12.8. The maximum Gasteiger partial charge on any atom is 0.0710 e. The smallest absolute Gasteiger partial charge is 0.0710 e. The van der Waals surface area contributed by atoms with Crippen molar-refractivity contribution in [3.8, 4) is 16.8 Å². The normalized spacial score (nSPS) is 13.4. The fourth-order valence-electron chi connectivity index (χ4n) is 10.2. The minimum atomic E-state index is -0.448. The summed E-state index contributed by atoms with van der Waals surface area (Å²) >= 11 is 0. The molecule has 0 radical (unpaired) electrons. The van der Waals surface area contributed by atoms with E-state index < -0.39 is 5.41 Å². The van der Waals surface area contributed by atoms with Gasteiger partial charge in [-0.15, -0.1) is 0 Å². The highest BCUT2D eigenvalue weighted by atomic mass is 15.1. The van der Waals surface area contributed by atoms with Crippen molar-refractivity contribution in [2.24, 2.45) is 0 Å². The van der Waals surface area contributed by atoms with Crippen LogP contribution in [0.1, 0.15) is 36.1 Å². The SMILES string of the molecule is C/C=C\C1=C(C)c2c(-c3ccc(N(c4ccc5c6ccccc6n(-c6ccccc6)c5c4)c4cccc5ccccc45)cc3)cccc2C1(c1ccccc1)c1ccccc1. The molecule has 11 rings (SSSR count). The Kier molecular flexibility index (Phi) is 8.86. The Bertz CT molecular complexity index is 3250. The van der Waals surface area contributed by atoms with E-state index in [4.69, 9.17) is 0 Å². The Morgan fingerprint density at radius 2 is 1.08 bits per heavy atom. The molecule has 0 N–H and O–H groups in total. The summed E-state index contributed by atoms with van der Waals surface area (Å²) in [6, 6.07) is 79.9. The Hall–Kier alpha value is -7.68. The molecule has 0 spiro atoms. The molecule has 1 heterocycles. The van der Waals surface area contributed by atoms with Crippen LogP contribution in [0.15, 0.2) is 236 Å². The topological polar surface area (TPSA) is 8.17 Å². The number of allylic oxidation sites excluding steroid dienone is 4. The number of benzene rings is 9. The van der Waals surface area contributed by atoms with Crippen molar-refractivity contribution >= 4 is 55.2 Å². The third-order valence-electron chi connectivity index (χ3n) is 12.8. The van der Waals surface area contributed by atoms with Crippen molar-refractivity contribution in [2.75, 3.05) is 4.90 Å². The zero-order valence-electron chi connectivity index (χ0n) is 34.3. The molecule has 0 saturated carbocycles. The van der Waals surface area contributed by atoms with Crippen molar-refractivity contribution < 1.29 is 0 Å². The molecule has 0 amide bonds. The number of fused-ring (bicyclic) bond motifs is 5. The number of nitrogens with zero attached hydrogens (tertiary/aromatic N) is 2. The quantitative estimate of drug-likeness (QED) is 0.149. The molecule has 1 aliphatic carbocycles. The first-order valence-corrected chi connectivity index (χ1v) is 21.2. The van der Waals surface area contributed by atoms with Gasteiger partial charge >= 0.3 is 0 Å². The summed E-state index contributed by atoms with van der Waals surface area (Å²) in [6.45, 7) is 4.44. The van der Waals surface area contributed by atoms with E-state index in [1.54, 1.807) is 0 Å². The van der Waals surface area contributed by atoms with Crippen LogP contribution < -0.4 is 4.90 Å². The van der Waals surface area contributed by atoms with Crippen LogP contribution in [0, 0.1) is 0 Å². The van der Waals surface area contributed by atoms with E-state index >= 15 is 0 Å². The monoisotopic (exact) mass is 780 g/mol. The second kappa shape index (κ2) is 14.9. The van der Waals surface area contributed by atoms with Gasteiger partial charge in [0.15, 0.2) is 0 Å². The second-order valence-electron chi connectivity index (χ2n) is 16.0.